The lowest BCUT2D eigenvalue weighted by atomic mass is 10.1. The molecule has 0 aliphatic heterocycles. The van der Waals surface area contributed by atoms with Gasteiger partial charge in [-0.3, -0.25) is 0 Å². The van der Waals surface area contributed by atoms with Gasteiger partial charge < -0.3 is 5.32 Å². The first-order valence-electron chi connectivity index (χ1n) is 3.98. The summed E-state index contributed by atoms with van der Waals surface area (Å²) in [6.45, 7) is 0. The van der Waals surface area contributed by atoms with Crippen molar-refractivity contribution in [1.29, 1.82) is 0 Å². The Kier molecular flexibility index (Phi) is 3.27. The summed E-state index contributed by atoms with van der Waals surface area (Å²) < 4.78 is 4.99. The number of nitrogens with zero attached hydrogens (tertiary/aromatic N) is 2. The molecule has 0 spiro atoms. The van der Waals surface area contributed by atoms with Crippen molar-refractivity contribution in [1.82, 2.24) is 14.9 Å². The van der Waals surface area contributed by atoms with Gasteiger partial charge in [-0.15, -0.1) is 5.10 Å². The van der Waals surface area contributed by atoms with Crippen LogP contribution in [0.1, 0.15) is 17.3 Å². The number of rotatable bonds is 3. The van der Waals surface area contributed by atoms with Gasteiger partial charge in [-0.2, -0.15) is 11.3 Å². The summed E-state index contributed by atoms with van der Waals surface area (Å²) in [6, 6.07) is 0.134. The van der Waals surface area contributed by atoms with Gasteiger partial charge in [-0.1, -0.05) is 4.49 Å². The number of aromatic nitrogens is 2. The average Bonchev–Trinajstić information content (AvgIpc) is 2.80. The lowest BCUT2D eigenvalue weighted by Gasteiger charge is -2.12. The van der Waals surface area contributed by atoms with E-state index in [1.54, 1.807) is 11.3 Å². The number of hydrogen-bond acceptors (Lipinski definition) is 5. The highest BCUT2D eigenvalue weighted by molar-refractivity contribution is 9.10. The van der Waals surface area contributed by atoms with E-state index in [1.807, 2.05) is 12.4 Å². The highest BCUT2D eigenvalue weighted by Crippen LogP contribution is 2.30. The number of halogens is 1. The molecule has 1 unspecified atom stereocenters. The van der Waals surface area contributed by atoms with Gasteiger partial charge in [0.05, 0.1) is 11.7 Å². The van der Waals surface area contributed by atoms with E-state index >= 15 is 0 Å². The summed E-state index contributed by atoms with van der Waals surface area (Å²) in [5.74, 6) is 0. The Morgan fingerprint density at radius 3 is 2.79 bits per heavy atom. The first-order valence-corrected chi connectivity index (χ1v) is 6.56. The first kappa shape index (κ1) is 10.2. The van der Waals surface area contributed by atoms with Crippen LogP contribution in [0.2, 0.25) is 0 Å². The maximum atomic E-state index is 4.07. The fraction of sp³-hybridized carbons (Fsp3) is 0.250. The minimum Gasteiger partial charge on any atom is -0.308 e. The fourth-order valence-corrected chi connectivity index (χ4v) is 3.29. The normalized spacial score (nSPS) is 13.0. The van der Waals surface area contributed by atoms with Crippen LogP contribution in [0.4, 0.5) is 0 Å². The Labute approximate surface area is 98.5 Å². The summed E-state index contributed by atoms with van der Waals surface area (Å²) >= 11 is 6.57. The standard InChI is InChI=1S/C8H8BrN3S2/c1-10-8(7-4-14-12-11-7)5-2-13-3-6(5)9/h2-4,8,10H,1H3. The summed E-state index contributed by atoms with van der Waals surface area (Å²) in [7, 11) is 1.92. The Morgan fingerprint density at radius 1 is 1.43 bits per heavy atom. The molecule has 2 aromatic rings. The number of thiophene rings is 1. The third-order valence-electron chi connectivity index (χ3n) is 1.91. The van der Waals surface area contributed by atoms with E-state index in [9.17, 15) is 0 Å². The quantitative estimate of drug-likeness (QED) is 0.944. The lowest BCUT2D eigenvalue weighted by molar-refractivity contribution is 0.668. The molecule has 0 aliphatic rings. The molecule has 2 aromatic heterocycles. The minimum atomic E-state index is 0.134. The molecule has 2 rings (SSSR count). The van der Waals surface area contributed by atoms with Crippen LogP contribution in [0.3, 0.4) is 0 Å². The molecule has 14 heavy (non-hydrogen) atoms. The van der Waals surface area contributed by atoms with Crippen molar-refractivity contribution in [2.45, 2.75) is 6.04 Å². The van der Waals surface area contributed by atoms with Crippen LogP contribution in [-0.4, -0.2) is 16.6 Å². The maximum Gasteiger partial charge on any atom is 0.0970 e. The van der Waals surface area contributed by atoms with Gasteiger partial charge >= 0.3 is 0 Å². The molecule has 74 valence electrons. The number of nitrogens with one attached hydrogen (secondary N) is 1. The molecule has 1 N–H and O–H groups in total. The van der Waals surface area contributed by atoms with Crippen molar-refractivity contribution in [3.8, 4) is 0 Å². The van der Waals surface area contributed by atoms with Gasteiger partial charge in [0, 0.05) is 20.8 Å². The zero-order valence-corrected chi connectivity index (χ0v) is 10.6. The highest BCUT2D eigenvalue weighted by Gasteiger charge is 2.17. The third-order valence-corrected chi connectivity index (χ3v) is 4.19. The summed E-state index contributed by atoms with van der Waals surface area (Å²) in [5, 5.41) is 13.5. The van der Waals surface area contributed by atoms with E-state index in [-0.39, 0.29) is 6.04 Å². The van der Waals surface area contributed by atoms with Gasteiger partial charge in [0.1, 0.15) is 0 Å². The smallest absolute Gasteiger partial charge is 0.0970 e. The molecule has 2 heterocycles. The first-order chi connectivity index (χ1) is 6.83. The summed E-state index contributed by atoms with van der Waals surface area (Å²) in [4.78, 5) is 0. The van der Waals surface area contributed by atoms with Gasteiger partial charge in [0.15, 0.2) is 0 Å². The van der Waals surface area contributed by atoms with Crippen molar-refractivity contribution >= 4 is 38.8 Å². The molecule has 0 radical (unpaired) electrons. The molecular formula is C8H8BrN3S2. The second-order valence-electron chi connectivity index (χ2n) is 2.73. The predicted molar refractivity (Wildman–Crippen MR) is 62.8 cm³/mol. The van der Waals surface area contributed by atoms with Crippen molar-refractivity contribution in [2.75, 3.05) is 7.05 Å². The van der Waals surface area contributed by atoms with E-state index in [1.165, 1.54) is 17.1 Å². The highest BCUT2D eigenvalue weighted by atomic mass is 79.9. The molecule has 0 saturated heterocycles. The molecule has 0 bridgehead atoms. The van der Waals surface area contributed by atoms with E-state index in [0.717, 1.165) is 10.2 Å². The van der Waals surface area contributed by atoms with E-state index in [4.69, 9.17) is 0 Å². The van der Waals surface area contributed by atoms with Crippen LogP contribution in [0.25, 0.3) is 0 Å². The van der Waals surface area contributed by atoms with Crippen molar-refractivity contribution in [2.24, 2.45) is 0 Å². The van der Waals surface area contributed by atoms with Gasteiger partial charge in [0.2, 0.25) is 0 Å². The summed E-state index contributed by atoms with van der Waals surface area (Å²) in [5.41, 5.74) is 2.18. The Morgan fingerprint density at radius 2 is 2.29 bits per heavy atom. The largest absolute Gasteiger partial charge is 0.308 e. The van der Waals surface area contributed by atoms with Crippen LogP contribution in [0.5, 0.6) is 0 Å². The fourth-order valence-electron chi connectivity index (χ4n) is 1.26. The SMILES string of the molecule is CNC(c1csnn1)c1cscc1Br. The Bertz CT molecular complexity index is 398. The van der Waals surface area contributed by atoms with E-state index in [2.05, 4.69) is 41.6 Å². The number of hydrogen-bond donors (Lipinski definition) is 1. The molecule has 3 nitrogen and oxygen atoms in total. The van der Waals surface area contributed by atoms with E-state index in [0.29, 0.717) is 0 Å². The Hall–Kier alpha value is -0.300. The molecule has 0 aliphatic carbocycles. The average molecular weight is 290 g/mol. The molecule has 0 saturated carbocycles. The zero-order valence-electron chi connectivity index (χ0n) is 7.40. The third kappa shape index (κ3) is 1.88. The monoisotopic (exact) mass is 289 g/mol. The molecule has 0 fully saturated rings. The predicted octanol–water partition coefficient (Wildman–Crippen LogP) is 2.67. The van der Waals surface area contributed by atoms with Crippen LogP contribution in [0, 0.1) is 0 Å². The van der Waals surface area contributed by atoms with Gasteiger partial charge in [-0.05, 0) is 39.9 Å². The van der Waals surface area contributed by atoms with Crippen LogP contribution in [0.15, 0.2) is 20.6 Å². The van der Waals surface area contributed by atoms with Gasteiger partial charge in [-0.25, -0.2) is 0 Å². The molecule has 0 amide bonds. The minimum absolute atomic E-state index is 0.134. The maximum absolute atomic E-state index is 4.07. The Balaban J connectivity index is 2.36. The van der Waals surface area contributed by atoms with Crippen molar-refractivity contribution in [3.05, 3.63) is 31.9 Å². The lowest BCUT2D eigenvalue weighted by Crippen LogP contribution is -2.17. The second kappa shape index (κ2) is 4.48. The topological polar surface area (TPSA) is 37.8 Å². The molecule has 6 heteroatoms. The summed E-state index contributed by atoms with van der Waals surface area (Å²) in [6.07, 6.45) is 0. The zero-order chi connectivity index (χ0) is 9.97. The second-order valence-corrected chi connectivity index (χ2v) is 4.93. The van der Waals surface area contributed by atoms with Crippen LogP contribution < -0.4 is 5.32 Å². The van der Waals surface area contributed by atoms with Crippen molar-refractivity contribution in [3.63, 3.8) is 0 Å². The van der Waals surface area contributed by atoms with E-state index < -0.39 is 0 Å². The molecule has 0 aromatic carbocycles. The van der Waals surface area contributed by atoms with Crippen molar-refractivity contribution < 1.29 is 0 Å². The molecular weight excluding hydrogens is 282 g/mol. The van der Waals surface area contributed by atoms with Crippen LogP contribution >= 0.6 is 38.8 Å². The molecule has 1 atom stereocenters. The van der Waals surface area contributed by atoms with Gasteiger partial charge in [0.25, 0.3) is 0 Å². The van der Waals surface area contributed by atoms with Crippen LogP contribution in [-0.2, 0) is 0 Å².